The van der Waals surface area contributed by atoms with Crippen LogP contribution in [0, 0.1) is 0 Å². The van der Waals surface area contributed by atoms with E-state index in [1.165, 1.54) is 6.20 Å². The minimum atomic E-state index is -0.306. The topological polar surface area (TPSA) is 82.8 Å². The lowest BCUT2D eigenvalue weighted by atomic mass is 10.0. The number of carbonyl (C=O) groups excluding carboxylic acids is 2. The molecule has 1 aromatic carbocycles. The molecule has 1 N–H and O–H groups in total. The van der Waals surface area contributed by atoms with Crippen molar-refractivity contribution in [1.29, 1.82) is 0 Å². The van der Waals surface area contributed by atoms with Gasteiger partial charge in [-0.1, -0.05) is 11.6 Å². The predicted octanol–water partition coefficient (Wildman–Crippen LogP) is 3.04. The summed E-state index contributed by atoms with van der Waals surface area (Å²) in [6.45, 7) is 3.28. The Morgan fingerprint density at radius 3 is 2.67 bits per heavy atom. The van der Waals surface area contributed by atoms with E-state index in [-0.39, 0.29) is 17.7 Å². The molecule has 2 amide bonds. The molecule has 156 valence electrons. The molecule has 0 radical (unpaired) electrons. The average Bonchev–Trinajstić information content (AvgIpc) is 3.32. The molecule has 3 heterocycles. The van der Waals surface area contributed by atoms with E-state index in [9.17, 15) is 9.59 Å². The molecule has 1 aliphatic heterocycles. The van der Waals surface area contributed by atoms with Crippen LogP contribution in [0.15, 0.2) is 36.5 Å². The van der Waals surface area contributed by atoms with Crippen LogP contribution in [0.5, 0.6) is 0 Å². The first-order valence-electron chi connectivity index (χ1n) is 9.78. The van der Waals surface area contributed by atoms with Gasteiger partial charge < -0.3 is 15.1 Å². The summed E-state index contributed by atoms with van der Waals surface area (Å²) in [6.07, 6.45) is 1.94. The Morgan fingerprint density at radius 2 is 2.03 bits per heavy atom. The number of likely N-dealkylation sites (N-methyl/N-ethyl adjacent to an activating group) is 1. The Labute approximate surface area is 179 Å². The van der Waals surface area contributed by atoms with E-state index >= 15 is 0 Å². The number of anilines is 2. The third-order valence-electron chi connectivity index (χ3n) is 5.29. The monoisotopic (exact) mass is 426 g/mol. The summed E-state index contributed by atoms with van der Waals surface area (Å²) < 4.78 is 1.65. The maximum atomic E-state index is 12.9. The van der Waals surface area contributed by atoms with Gasteiger partial charge in [0.15, 0.2) is 5.65 Å². The summed E-state index contributed by atoms with van der Waals surface area (Å²) >= 11 is 5.92. The van der Waals surface area contributed by atoms with Gasteiger partial charge in [-0.05, 0) is 31.2 Å². The number of likely N-dealkylation sites (tertiary alicyclic amines) is 1. The lowest BCUT2D eigenvalue weighted by Crippen LogP contribution is -2.24. The Hall–Kier alpha value is -3.13. The number of amides is 2. The van der Waals surface area contributed by atoms with E-state index in [1.54, 1.807) is 28.8 Å². The van der Waals surface area contributed by atoms with Gasteiger partial charge in [-0.15, -0.1) is 0 Å². The standard InChI is InChI=1S/C21H23ClN6O2/c1-4-27-12-13(9-19(27)29)17-10-18(26(2)3)28-20(25-17)16(11-23-28)21(30)24-15-7-5-14(22)6-8-15/h5-8,10-11,13H,4,9,12H2,1-3H3,(H,24,30). The van der Waals surface area contributed by atoms with Crippen molar-refractivity contribution in [2.75, 3.05) is 37.4 Å². The zero-order valence-electron chi connectivity index (χ0n) is 17.1. The normalized spacial score (nSPS) is 16.3. The van der Waals surface area contributed by atoms with Crippen molar-refractivity contribution >= 4 is 40.6 Å². The first kappa shape index (κ1) is 20.2. The molecule has 2 aromatic heterocycles. The number of halogens is 1. The highest BCUT2D eigenvalue weighted by atomic mass is 35.5. The van der Waals surface area contributed by atoms with E-state index in [2.05, 4.69) is 10.4 Å². The molecule has 0 bridgehead atoms. The quantitative estimate of drug-likeness (QED) is 0.678. The van der Waals surface area contributed by atoms with Crippen LogP contribution in [0.1, 0.15) is 35.3 Å². The smallest absolute Gasteiger partial charge is 0.261 e. The number of nitrogens with zero attached hydrogens (tertiary/aromatic N) is 5. The van der Waals surface area contributed by atoms with Crippen molar-refractivity contribution in [3.8, 4) is 0 Å². The summed E-state index contributed by atoms with van der Waals surface area (Å²) in [5.74, 6) is 0.607. The Balaban J connectivity index is 1.73. The van der Waals surface area contributed by atoms with Crippen molar-refractivity contribution in [3.05, 3.63) is 52.8 Å². The number of benzene rings is 1. The molecule has 1 fully saturated rings. The second-order valence-corrected chi connectivity index (χ2v) is 7.96. The highest BCUT2D eigenvalue weighted by Crippen LogP contribution is 2.30. The van der Waals surface area contributed by atoms with E-state index in [0.717, 1.165) is 11.5 Å². The minimum Gasteiger partial charge on any atom is -0.363 e. The molecule has 0 spiro atoms. The Bertz CT molecular complexity index is 1110. The fourth-order valence-corrected chi connectivity index (χ4v) is 3.79. The molecule has 3 aromatic rings. The predicted molar refractivity (Wildman–Crippen MR) is 116 cm³/mol. The van der Waals surface area contributed by atoms with Crippen LogP contribution in [0.4, 0.5) is 11.5 Å². The van der Waals surface area contributed by atoms with Gasteiger partial charge in [0.1, 0.15) is 11.4 Å². The molecule has 8 nitrogen and oxygen atoms in total. The average molecular weight is 427 g/mol. The van der Waals surface area contributed by atoms with Crippen LogP contribution in [-0.2, 0) is 4.79 Å². The van der Waals surface area contributed by atoms with Gasteiger partial charge in [-0.3, -0.25) is 9.59 Å². The fraction of sp³-hybridized carbons (Fsp3) is 0.333. The molecule has 1 saturated heterocycles. The van der Waals surface area contributed by atoms with Crippen molar-refractivity contribution in [2.45, 2.75) is 19.3 Å². The minimum absolute atomic E-state index is 0.0109. The van der Waals surface area contributed by atoms with Crippen LogP contribution >= 0.6 is 11.6 Å². The molecule has 1 aliphatic rings. The molecular weight excluding hydrogens is 404 g/mol. The van der Waals surface area contributed by atoms with Crippen LogP contribution in [-0.4, -0.2) is 58.5 Å². The molecule has 1 unspecified atom stereocenters. The second-order valence-electron chi connectivity index (χ2n) is 7.52. The summed E-state index contributed by atoms with van der Waals surface area (Å²) in [5, 5.41) is 7.84. The number of nitrogens with one attached hydrogen (secondary N) is 1. The maximum absolute atomic E-state index is 12.9. The Kier molecular flexibility index (Phi) is 5.34. The van der Waals surface area contributed by atoms with Crippen LogP contribution in [0.3, 0.4) is 0 Å². The third-order valence-corrected chi connectivity index (χ3v) is 5.54. The first-order chi connectivity index (χ1) is 14.4. The van der Waals surface area contributed by atoms with Gasteiger partial charge in [0, 0.05) is 56.3 Å². The highest BCUT2D eigenvalue weighted by molar-refractivity contribution is 6.30. The highest BCUT2D eigenvalue weighted by Gasteiger charge is 2.31. The van der Waals surface area contributed by atoms with Crippen molar-refractivity contribution in [3.63, 3.8) is 0 Å². The van der Waals surface area contributed by atoms with Crippen LogP contribution < -0.4 is 10.2 Å². The number of hydrogen-bond donors (Lipinski definition) is 1. The maximum Gasteiger partial charge on any atom is 0.261 e. The number of rotatable bonds is 5. The van der Waals surface area contributed by atoms with Crippen LogP contribution in [0.2, 0.25) is 5.02 Å². The summed E-state index contributed by atoms with van der Waals surface area (Å²) in [7, 11) is 3.82. The van der Waals surface area contributed by atoms with E-state index in [4.69, 9.17) is 16.6 Å². The molecule has 9 heteroatoms. The largest absolute Gasteiger partial charge is 0.363 e. The van der Waals surface area contributed by atoms with E-state index in [0.29, 0.717) is 41.4 Å². The number of carbonyl (C=O) groups is 2. The van der Waals surface area contributed by atoms with Gasteiger partial charge in [-0.2, -0.15) is 9.61 Å². The Morgan fingerprint density at radius 1 is 1.30 bits per heavy atom. The number of hydrogen-bond acceptors (Lipinski definition) is 5. The molecular formula is C21H23ClN6O2. The third kappa shape index (κ3) is 3.70. The molecule has 0 saturated carbocycles. The lowest BCUT2D eigenvalue weighted by molar-refractivity contribution is -0.127. The van der Waals surface area contributed by atoms with Crippen molar-refractivity contribution in [2.24, 2.45) is 0 Å². The van der Waals surface area contributed by atoms with Crippen molar-refractivity contribution < 1.29 is 9.59 Å². The molecule has 0 aliphatic carbocycles. The van der Waals surface area contributed by atoms with Gasteiger partial charge in [0.05, 0.1) is 11.9 Å². The van der Waals surface area contributed by atoms with E-state index < -0.39 is 0 Å². The van der Waals surface area contributed by atoms with Gasteiger partial charge in [0.2, 0.25) is 5.91 Å². The zero-order chi connectivity index (χ0) is 21.4. The molecule has 4 rings (SSSR count). The van der Waals surface area contributed by atoms with E-state index in [1.807, 2.05) is 36.9 Å². The molecule has 1 atom stereocenters. The van der Waals surface area contributed by atoms with Crippen LogP contribution in [0.25, 0.3) is 5.65 Å². The SMILES string of the molecule is CCN1CC(c2cc(N(C)C)n3ncc(C(=O)Nc4ccc(Cl)cc4)c3n2)CC1=O. The molecule has 30 heavy (non-hydrogen) atoms. The number of fused-ring (bicyclic) bond motifs is 1. The summed E-state index contributed by atoms with van der Waals surface area (Å²) in [5.41, 5.74) is 2.25. The van der Waals surface area contributed by atoms with Gasteiger partial charge >= 0.3 is 0 Å². The summed E-state index contributed by atoms with van der Waals surface area (Å²) in [6, 6.07) is 8.84. The first-order valence-corrected chi connectivity index (χ1v) is 10.2. The zero-order valence-corrected chi connectivity index (χ0v) is 17.8. The number of aromatic nitrogens is 3. The van der Waals surface area contributed by atoms with Crippen molar-refractivity contribution in [1.82, 2.24) is 19.5 Å². The van der Waals surface area contributed by atoms with Gasteiger partial charge in [-0.25, -0.2) is 4.98 Å². The summed E-state index contributed by atoms with van der Waals surface area (Å²) in [4.78, 5) is 33.6. The fourth-order valence-electron chi connectivity index (χ4n) is 3.66. The van der Waals surface area contributed by atoms with Gasteiger partial charge in [0.25, 0.3) is 5.91 Å². The lowest BCUT2D eigenvalue weighted by Gasteiger charge is -2.18. The second kappa shape index (κ2) is 7.95.